The molecule has 4 heteroatoms. The molecule has 2 atom stereocenters. The fraction of sp³-hybridized carbons (Fsp3) is 0.500. The molecule has 1 aliphatic carbocycles. The monoisotopic (exact) mass is 294 g/mol. The fourth-order valence-corrected chi connectivity index (χ4v) is 1.61. The first-order valence-corrected chi connectivity index (χ1v) is 5.32. The predicted octanol–water partition coefficient (Wildman–Crippen LogP) is 2.86. The van der Waals surface area contributed by atoms with Crippen molar-refractivity contribution in [3.05, 3.63) is 20.7 Å². The fourth-order valence-electron chi connectivity index (χ4n) is 1.22. The lowest BCUT2D eigenvalue weighted by Crippen LogP contribution is -1.94. The number of nitrogens with zero attached hydrogens (tertiary/aromatic N) is 2. The maximum atomic E-state index is 5.87. The molecule has 12 heavy (non-hydrogen) atoms. The van der Waals surface area contributed by atoms with Gasteiger partial charge in [-0.25, -0.2) is 9.97 Å². The predicted molar refractivity (Wildman–Crippen MR) is 56.3 cm³/mol. The molecule has 0 bridgehead atoms. The number of hydrogen-bond donors (Lipinski definition) is 0. The van der Waals surface area contributed by atoms with E-state index in [0.29, 0.717) is 11.1 Å². The van der Waals surface area contributed by atoms with Crippen LogP contribution in [0.1, 0.15) is 25.1 Å². The first-order chi connectivity index (χ1) is 5.68. The molecule has 1 saturated carbocycles. The van der Waals surface area contributed by atoms with Crippen LogP contribution in [-0.2, 0) is 0 Å². The van der Waals surface area contributed by atoms with Crippen LogP contribution in [-0.4, -0.2) is 9.97 Å². The third-order valence-electron chi connectivity index (χ3n) is 2.16. The lowest BCUT2D eigenvalue weighted by Gasteiger charge is -1.98. The van der Waals surface area contributed by atoms with Crippen LogP contribution >= 0.6 is 34.2 Å². The number of halogens is 2. The molecule has 0 aromatic carbocycles. The molecule has 64 valence electrons. The van der Waals surface area contributed by atoms with Crippen molar-refractivity contribution < 1.29 is 0 Å². The first kappa shape index (κ1) is 8.69. The maximum absolute atomic E-state index is 5.87. The molecule has 2 rings (SSSR count). The average molecular weight is 295 g/mol. The van der Waals surface area contributed by atoms with E-state index in [4.69, 9.17) is 11.6 Å². The largest absolute Gasteiger partial charge is 0.240 e. The Labute approximate surface area is 89.9 Å². The number of rotatable bonds is 1. The molecule has 0 N–H and O–H groups in total. The first-order valence-electron chi connectivity index (χ1n) is 3.86. The van der Waals surface area contributed by atoms with Gasteiger partial charge >= 0.3 is 0 Å². The van der Waals surface area contributed by atoms with E-state index >= 15 is 0 Å². The van der Waals surface area contributed by atoms with Crippen LogP contribution < -0.4 is 0 Å². The van der Waals surface area contributed by atoms with Gasteiger partial charge in [-0.05, 0) is 34.9 Å². The molecule has 0 spiro atoms. The standard InChI is InChI=1S/C8H8ClIN2/c1-4-2-5(4)8-11-3-6(10)7(9)12-8/h3-5H,2H2,1H3. The van der Waals surface area contributed by atoms with E-state index in [1.807, 2.05) is 0 Å². The van der Waals surface area contributed by atoms with Crippen LogP contribution in [0.25, 0.3) is 0 Å². The van der Waals surface area contributed by atoms with E-state index in [9.17, 15) is 0 Å². The van der Waals surface area contributed by atoms with Crippen LogP contribution in [0, 0.1) is 9.49 Å². The summed E-state index contributed by atoms with van der Waals surface area (Å²) in [5, 5.41) is 0.583. The molecule has 0 amide bonds. The van der Waals surface area contributed by atoms with Crippen molar-refractivity contribution in [2.45, 2.75) is 19.3 Å². The van der Waals surface area contributed by atoms with Gasteiger partial charge < -0.3 is 0 Å². The number of aromatic nitrogens is 2. The van der Waals surface area contributed by atoms with Crippen molar-refractivity contribution in [2.75, 3.05) is 0 Å². The van der Waals surface area contributed by atoms with Gasteiger partial charge in [0.1, 0.15) is 11.0 Å². The smallest absolute Gasteiger partial charge is 0.146 e. The van der Waals surface area contributed by atoms with Crippen molar-refractivity contribution in [3.8, 4) is 0 Å². The van der Waals surface area contributed by atoms with Gasteiger partial charge in [-0.1, -0.05) is 18.5 Å². The topological polar surface area (TPSA) is 25.8 Å². The minimum absolute atomic E-state index is 0.555. The molecule has 1 aromatic rings. The Morgan fingerprint density at radius 1 is 1.67 bits per heavy atom. The van der Waals surface area contributed by atoms with Gasteiger partial charge in [-0.3, -0.25) is 0 Å². The zero-order valence-corrected chi connectivity index (χ0v) is 9.50. The van der Waals surface area contributed by atoms with Crippen molar-refractivity contribution >= 4 is 34.2 Å². The van der Waals surface area contributed by atoms with E-state index in [-0.39, 0.29) is 0 Å². The molecule has 1 aliphatic rings. The van der Waals surface area contributed by atoms with E-state index in [1.54, 1.807) is 6.20 Å². The summed E-state index contributed by atoms with van der Waals surface area (Å²) < 4.78 is 0.923. The van der Waals surface area contributed by atoms with Crippen molar-refractivity contribution in [3.63, 3.8) is 0 Å². The summed E-state index contributed by atoms with van der Waals surface area (Å²) in [4.78, 5) is 8.48. The van der Waals surface area contributed by atoms with Crippen LogP contribution in [0.4, 0.5) is 0 Å². The maximum Gasteiger partial charge on any atom is 0.146 e. The summed E-state index contributed by atoms with van der Waals surface area (Å²) in [5.41, 5.74) is 0. The normalized spacial score (nSPS) is 27.2. The van der Waals surface area contributed by atoms with E-state index < -0.39 is 0 Å². The van der Waals surface area contributed by atoms with Crippen LogP contribution in [0.2, 0.25) is 5.15 Å². The molecule has 0 saturated heterocycles. The van der Waals surface area contributed by atoms with Gasteiger partial charge in [0.05, 0.1) is 3.57 Å². The number of hydrogen-bond acceptors (Lipinski definition) is 2. The highest BCUT2D eigenvalue weighted by Crippen LogP contribution is 2.45. The Bertz CT molecular complexity index is 316. The Kier molecular flexibility index (Phi) is 2.25. The minimum Gasteiger partial charge on any atom is -0.240 e. The highest BCUT2D eigenvalue weighted by molar-refractivity contribution is 14.1. The Morgan fingerprint density at radius 2 is 2.33 bits per heavy atom. The average Bonchev–Trinajstić information content (AvgIpc) is 2.73. The molecule has 0 radical (unpaired) electrons. The van der Waals surface area contributed by atoms with E-state index in [2.05, 4.69) is 39.5 Å². The van der Waals surface area contributed by atoms with Crippen LogP contribution in [0.5, 0.6) is 0 Å². The second-order valence-corrected chi connectivity index (χ2v) is 4.71. The summed E-state index contributed by atoms with van der Waals surface area (Å²) >= 11 is 8.01. The van der Waals surface area contributed by atoms with Crippen molar-refractivity contribution in [2.24, 2.45) is 5.92 Å². The Balaban J connectivity index is 2.29. The van der Waals surface area contributed by atoms with Gasteiger partial charge in [-0.2, -0.15) is 0 Å². The molecule has 0 aliphatic heterocycles. The van der Waals surface area contributed by atoms with Crippen LogP contribution in [0.15, 0.2) is 6.20 Å². The summed E-state index contributed by atoms with van der Waals surface area (Å²) in [5.74, 6) is 2.20. The zero-order valence-electron chi connectivity index (χ0n) is 6.59. The second kappa shape index (κ2) is 3.10. The Morgan fingerprint density at radius 3 is 2.83 bits per heavy atom. The van der Waals surface area contributed by atoms with Crippen molar-refractivity contribution in [1.82, 2.24) is 9.97 Å². The van der Waals surface area contributed by atoms with Gasteiger partial charge in [-0.15, -0.1) is 0 Å². The lowest BCUT2D eigenvalue weighted by molar-refractivity contribution is 0.840. The molecule has 1 heterocycles. The quantitative estimate of drug-likeness (QED) is 0.588. The van der Waals surface area contributed by atoms with Gasteiger partial charge in [0.15, 0.2) is 0 Å². The Hall–Kier alpha value is 0.1000. The van der Waals surface area contributed by atoms with Gasteiger partial charge in [0.25, 0.3) is 0 Å². The van der Waals surface area contributed by atoms with E-state index in [1.165, 1.54) is 6.42 Å². The second-order valence-electron chi connectivity index (χ2n) is 3.19. The molecule has 1 aromatic heterocycles. The summed E-state index contributed by atoms with van der Waals surface area (Å²) in [6.07, 6.45) is 2.99. The van der Waals surface area contributed by atoms with Gasteiger partial charge in [0, 0.05) is 12.1 Å². The van der Waals surface area contributed by atoms with E-state index in [0.717, 1.165) is 15.3 Å². The highest BCUT2D eigenvalue weighted by atomic mass is 127. The molecule has 2 nitrogen and oxygen atoms in total. The summed E-state index contributed by atoms with van der Waals surface area (Å²) in [6, 6.07) is 0. The molecular weight excluding hydrogens is 286 g/mol. The molecular formula is C8H8ClIN2. The third kappa shape index (κ3) is 1.57. The summed E-state index contributed by atoms with van der Waals surface area (Å²) in [6.45, 7) is 2.21. The molecule has 1 fully saturated rings. The SMILES string of the molecule is CC1CC1c1ncc(I)c(Cl)n1. The minimum atomic E-state index is 0.555. The third-order valence-corrected chi connectivity index (χ3v) is 3.56. The van der Waals surface area contributed by atoms with Gasteiger partial charge in [0.2, 0.25) is 0 Å². The molecule has 2 unspecified atom stereocenters. The van der Waals surface area contributed by atoms with Crippen LogP contribution in [0.3, 0.4) is 0 Å². The highest BCUT2D eigenvalue weighted by Gasteiger charge is 2.36. The van der Waals surface area contributed by atoms with Crippen molar-refractivity contribution in [1.29, 1.82) is 0 Å². The zero-order chi connectivity index (χ0) is 8.72. The summed E-state index contributed by atoms with van der Waals surface area (Å²) in [7, 11) is 0. The lowest BCUT2D eigenvalue weighted by atomic mass is 10.3.